The smallest absolute Gasteiger partial charge is 0.142 e. The number of rotatable bonds is 2. The number of fused-ring (bicyclic) bond motifs is 1. The lowest BCUT2D eigenvalue weighted by atomic mass is 9.48. The first-order valence-electron chi connectivity index (χ1n) is 8.80. The molecule has 0 aromatic rings. The van der Waals surface area contributed by atoms with Crippen LogP contribution >= 0.6 is 0 Å². The van der Waals surface area contributed by atoms with Crippen LogP contribution < -0.4 is 0 Å². The SMILES string of the molecule is CCC1(CC)C(=O)C2CCCCCCCCCCC21. The number of carbonyl (C=O) groups excluding carboxylic acids is 1. The molecule has 2 fully saturated rings. The molecule has 2 aliphatic carbocycles. The van der Waals surface area contributed by atoms with Crippen molar-refractivity contribution in [2.45, 2.75) is 90.9 Å². The minimum atomic E-state index is 0.0782. The number of ketones is 1. The van der Waals surface area contributed by atoms with E-state index < -0.39 is 0 Å². The topological polar surface area (TPSA) is 17.1 Å². The first-order chi connectivity index (χ1) is 9.26. The van der Waals surface area contributed by atoms with Crippen LogP contribution in [-0.4, -0.2) is 5.78 Å². The molecule has 110 valence electrons. The maximum absolute atomic E-state index is 12.6. The van der Waals surface area contributed by atoms with E-state index in [1.807, 2.05) is 0 Å². The fourth-order valence-electron chi connectivity index (χ4n) is 4.75. The Morgan fingerprint density at radius 3 is 1.84 bits per heavy atom. The number of hydrogen-bond acceptors (Lipinski definition) is 1. The fourth-order valence-corrected chi connectivity index (χ4v) is 4.75. The lowest BCUT2D eigenvalue weighted by molar-refractivity contribution is -0.160. The van der Waals surface area contributed by atoms with Gasteiger partial charge in [0.05, 0.1) is 0 Å². The molecule has 0 aliphatic heterocycles. The van der Waals surface area contributed by atoms with Gasteiger partial charge in [0.15, 0.2) is 0 Å². The van der Waals surface area contributed by atoms with Gasteiger partial charge in [-0.3, -0.25) is 4.79 Å². The van der Waals surface area contributed by atoms with Crippen molar-refractivity contribution in [3.8, 4) is 0 Å². The molecule has 0 radical (unpaired) electrons. The van der Waals surface area contributed by atoms with Crippen LogP contribution in [0.5, 0.6) is 0 Å². The second kappa shape index (κ2) is 6.90. The van der Waals surface area contributed by atoms with E-state index in [4.69, 9.17) is 0 Å². The van der Waals surface area contributed by atoms with Crippen molar-refractivity contribution in [2.75, 3.05) is 0 Å². The molecule has 2 unspecified atom stereocenters. The van der Waals surface area contributed by atoms with E-state index in [2.05, 4.69) is 13.8 Å². The number of carbonyl (C=O) groups is 1. The molecule has 2 rings (SSSR count). The van der Waals surface area contributed by atoms with Crippen molar-refractivity contribution in [2.24, 2.45) is 17.3 Å². The van der Waals surface area contributed by atoms with Gasteiger partial charge in [0.2, 0.25) is 0 Å². The van der Waals surface area contributed by atoms with Gasteiger partial charge < -0.3 is 0 Å². The Kier molecular flexibility index (Phi) is 5.47. The maximum atomic E-state index is 12.6. The Hall–Kier alpha value is -0.330. The molecule has 2 atom stereocenters. The highest BCUT2D eigenvalue weighted by Crippen LogP contribution is 2.56. The van der Waals surface area contributed by atoms with E-state index in [0.717, 1.165) is 18.8 Å². The summed E-state index contributed by atoms with van der Waals surface area (Å²) in [6.45, 7) is 4.46. The molecular formula is C18H32O. The molecule has 0 saturated heterocycles. The van der Waals surface area contributed by atoms with Crippen molar-refractivity contribution < 1.29 is 4.79 Å². The van der Waals surface area contributed by atoms with Crippen LogP contribution in [0.4, 0.5) is 0 Å². The summed E-state index contributed by atoms with van der Waals surface area (Å²) in [4.78, 5) is 12.6. The summed E-state index contributed by atoms with van der Waals surface area (Å²) in [5, 5.41) is 0. The molecule has 1 heteroatoms. The van der Waals surface area contributed by atoms with Crippen LogP contribution in [0.1, 0.15) is 90.9 Å². The summed E-state index contributed by atoms with van der Waals surface area (Å²) in [5.41, 5.74) is 0.0782. The van der Waals surface area contributed by atoms with Crippen molar-refractivity contribution in [3.63, 3.8) is 0 Å². The third kappa shape index (κ3) is 2.90. The minimum Gasteiger partial charge on any atom is -0.299 e. The van der Waals surface area contributed by atoms with Crippen molar-refractivity contribution in [1.29, 1.82) is 0 Å². The van der Waals surface area contributed by atoms with Gasteiger partial charge in [0, 0.05) is 11.3 Å². The molecule has 1 nitrogen and oxygen atoms in total. The van der Waals surface area contributed by atoms with E-state index in [1.54, 1.807) is 0 Å². The van der Waals surface area contributed by atoms with Gasteiger partial charge in [0.1, 0.15) is 5.78 Å². The minimum absolute atomic E-state index is 0.0782. The predicted molar refractivity (Wildman–Crippen MR) is 81.2 cm³/mol. The Balaban J connectivity index is 2.01. The van der Waals surface area contributed by atoms with Crippen LogP contribution in [0.25, 0.3) is 0 Å². The highest BCUT2D eigenvalue weighted by Gasteiger charge is 2.57. The van der Waals surface area contributed by atoms with E-state index >= 15 is 0 Å². The van der Waals surface area contributed by atoms with Crippen LogP contribution in [-0.2, 0) is 4.79 Å². The van der Waals surface area contributed by atoms with Crippen LogP contribution in [0.15, 0.2) is 0 Å². The van der Waals surface area contributed by atoms with Gasteiger partial charge in [-0.25, -0.2) is 0 Å². The van der Waals surface area contributed by atoms with Crippen LogP contribution in [0, 0.1) is 17.3 Å². The molecule has 0 heterocycles. The van der Waals surface area contributed by atoms with Crippen LogP contribution in [0.3, 0.4) is 0 Å². The van der Waals surface area contributed by atoms with Gasteiger partial charge in [-0.05, 0) is 31.6 Å². The largest absolute Gasteiger partial charge is 0.299 e. The summed E-state index contributed by atoms with van der Waals surface area (Å²) < 4.78 is 0. The van der Waals surface area contributed by atoms with E-state index in [0.29, 0.717) is 11.7 Å². The van der Waals surface area contributed by atoms with E-state index in [9.17, 15) is 4.79 Å². The lowest BCUT2D eigenvalue weighted by Gasteiger charge is -2.54. The van der Waals surface area contributed by atoms with Gasteiger partial charge >= 0.3 is 0 Å². The highest BCUT2D eigenvalue weighted by molar-refractivity contribution is 5.93. The second-order valence-corrected chi connectivity index (χ2v) is 6.85. The van der Waals surface area contributed by atoms with Crippen molar-refractivity contribution in [3.05, 3.63) is 0 Å². The van der Waals surface area contributed by atoms with E-state index in [-0.39, 0.29) is 5.41 Å². The average Bonchev–Trinajstić information content (AvgIpc) is 2.42. The third-order valence-corrected chi connectivity index (χ3v) is 6.07. The molecule has 19 heavy (non-hydrogen) atoms. The van der Waals surface area contributed by atoms with Crippen molar-refractivity contribution >= 4 is 5.78 Å². The third-order valence-electron chi connectivity index (χ3n) is 6.07. The van der Waals surface area contributed by atoms with Gasteiger partial charge in [0.25, 0.3) is 0 Å². The maximum Gasteiger partial charge on any atom is 0.142 e. The first-order valence-corrected chi connectivity index (χ1v) is 8.80. The molecule has 0 aromatic carbocycles. The van der Waals surface area contributed by atoms with Gasteiger partial charge in [-0.2, -0.15) is 0 Å². The van der Waals surface area contributed by atoms with Gasteiger partial charge in [-0.15, -0.1) is 0 Å². The average molecular weight is 264 g/mol. The highest BCUT2D eigenvalue weighted by atomic mass is 16.1. The Labute approximate surface area is 119 Å². The summed E-state index contributed by atoms with van der Waals surface area (Å²) >= 11 is 0. The lowest BCUT2D eigenvalue weighted by Crippen LogP contribution is -2.57. The molecule has 0 spiro atoms. The normalized spacial score (nSPS) is 32.6. The zero-order valence-electron chi connectivity index (χ0n) is 13.0. The Morgan fingerprint density at radius 2 is 1.32 bits per heavy atom. The quantitative estimate of drug-likeness (QED) is 0.641. The summed E-state index contributed by atoms with van der Waals surface area (Å²) in [6, 6.07) is 0. The fraction of sp³-hybridized carbons (Fsp3) is 0.944. The molecule has 0 aromatic heterocycles. The zero-order valence-corrected chi connectivity index (χ0v) is 13.0. The Morgan fingerprint density at radius 1 is 0.842 bits per heavy atom. The first kappa shape index (κ1) is 15.1. The Bertz CT molecular complexity index is 290. The predicted octanol–water partition coefficient (Wildman–Crippen LogP) is 5.52. The monoisotopic (exact) mass is 264 g/mol. The number of Topliss-reactive ketones (excluding diaryl/α,β-unsaturated/α-hetero) is 1. The summed E-state index contributed by atoms with van der Waals surface area (Å²) in [5.74, 6) is 1.77. The summed E-state index contributed by atoms with van der Waals surface area (Å²) in [7, 11) is 0. The molecule has 2 saturated carbocycles. The molecular weight excluding hydrogens is 232 g/mol. The summed E-state index contributed by atoms with van der Waals surface area (Å²) in [6.07, 6.45) is 15.7. The van der Waals surface area contributed by atoms with Crippen molar-refractivity contribution in [1.82, 2.24) is 0 Å². The molecule has 0 N–H and O–H groups in total. The molecule has 0 amide bonds. The standard InChI is InChI=1S/C18H32O/c1-3-18(4-2)16-14-12-10-8-6-5-7-9-11-13-15(16)17(18)19/h15-16H,3-14H2,1-2H3. The van der Waals surface area contributed by atoms with Gasteiger partial charge in [-0.1, -0.05) is 65.2 Å². The number of hydrogen-bond donors (Lipinski definition) is 0. The molecule has 2 aliphatic rings. The molecule has 0 bridgehead atoms. The second-order valence-electron chi connectivity index (χ2n) is 6.85. The van der Waals surface area contributed by atoms with Crippen LogP contribution in [0.2, 0.25) is 0 Å². The van der Waals surface area contributed by atoms with E-state index in [1.165, 1.54) is 64.2 Å². The zero-order chi connectivity index (χ0) is 13.7.